The second kappa shape index (κ2) is 5.74. The maximum atomic E-state index is 11.9. The first-order chi connectivity index (χ1) is 8.59. The van der Waals surface area contributed by atoms with Crippen LogP contribution in [-0.4, -0.2) is 44.7 Å². The van der Waals surface area contributed by atoms with Gasteiger partial charge in [-0.15, -0.1) is 0 Å². The lowest BCUT2D eigenvalue weighted by Gasteiger charge is -2.23. The van der Waals surface area contributed by atoms with E-state index in [1.54, 1.807) is 0 Å². The summed E-state index contributed by atoms with van der Waals surface area (Å²) in [6, 6.07) is 7.68. The first kappa shape index (κ1) is 15.7. The summed E-state index contributed by atoms with van der Waals surface area (Å²) < 4.78 is 6.06. The summed E-state index contributed by atoms with van der Waals surface area (Å²) in [5.41, 5.74) is 1.94. The van der Waals surface area contributed by atoms with Crippen LogP contribution in [0.15, 0.2) is 24.3 Å². The van der Waals surface area contributed by atoms with Crippen molar-refractivity contribution in [2.45, 2.75) is 26.2 Å². The van der Waals surface area contributed by atoms with E-state index in [-0.39, 0.29) is 11.4 Å². The SMILES string of the molecule is CC(C)(C)c1ccc(C(=O)OCC[N+](C)(C)C)cc1. The molecule has 0 bridgehead atoms. The molecule has 19 heavy (non-hydrogen) atoms. The van der Waals surface area contributed by atoms with Crippen LogP contribution in [-0.2, 0) is 10.2 Å². The van der Waals surface area contributed by atoms with Gasteiger partial charge in [0.1, 0.15) is 13.2 Å². The number of benzene rings is 1. The monoisotopic (exact) mass is 264 g/mol. The molecule has 1 aromatic rings. The summed E-state index contributed by atoms with van der Waals surface area (Å²) in [7, 11) is 6.23. The van der Waals surface area contributed by atoms with Crippen LogP contribution in [0.2, 0.25) is 0 Å². The van der Waals surface area contributed by atoms with Crippen LogP contribution < -0.4 is 0 Å². The molecule has 0 fully saturated rings. The molecule has 0 heterocycles. The molecular weight excluding hydrogens is 238 g/mol. The van der Waals surface area contributed by atoms with Crippen molar-refractivity contribution < 1.29 is 14.0 Å². The van der Waals surface area contributed by atoms with E-state index in [4.69, 9.17) is 4.74 Å². The summed E-state index contributed by atoms with van der Waals surface area (Å²) in [5, 5.41) is 0. The smallest absolute Gasteiger partial charge is 0.338 e. The van der Waals surface area contributed by atoms with Gasteiger partial charge in [-0.05, 0) is 23.1 Å². The van der Waals surface area contributed by atoms with E-state index < -0.39 is 0 Å². The van der Waals surface area contributed by atoms with E-state index >= 15 is 0 Å². The molecule has 3 heteroatoms. The first-order valence-corrected chi connectivity index (χ1v) is 6.68. The second-order valence-electron chi connectivity index (χ2n) is 6.98. The Kier molecular flexibility index (Phi) is 4.75. The summed E-state index contributed by atoms with van der Waals surface area (Å²) in [6.07, 6.45) is 0. The Morgan fingerprint density at radius 2 is 1.63 bits per heavy atom. The fraction of sp³-hybridized carbons (Fsp3) is 0.562. The fourth-order valence-electron chi connectivity index (χ4n) is 1.60. The van der Waals surface area contributed by atoms with Gasteiger partial charge in [-0.3, -0.25) is 0 Å². The van der Waals surface area contributed by atoms with Crippen molar-refractivity contribution in [1.29, 1.82) is 0 Å². The van der Waals surface area contributed by atoms with Crippen molar-refractivity contribution in [3.8, 4) is 0 Å². The Labute approximate surface area is 116 Å². The minimum Gasteiger partial charge on any atom is -0.456 e. The van der Waals surface area contributed by atoms with Crippen molar-refractivity contribution >= 4 is 5.97 Å². The van der Waals surface area contributed by atoms with Gasteiger partial charge in [-0.25, -0.2) is 4.79 Å². The lowest BCUT2D eigenvalue weighted by Crippen LogP contribution is -2.38. The molecule has 3 nitrogen and oxygen atoms in total. The van der Waals surface area contributed by atoms with E-state index in [2.05, 4.69) is 41.9 Å². The highest BCUT2D eigenvalue weighted by Crippen LogP contribution is 2.22. The number of ether oxygens (including phenoxy) is 1. The zero-order chi connectivity index (χ0) is 14.7. The predicted molar refractivity (Wildman–Crippen MR) is 78.3 cm³/mol. The number of likely N-dealkylation sites (N-methyl/N-ethyl adjacent to an activating group) is 1. The molecule has 1 rings (SSSR count). The van der Waals surface area contributed by atoms with Crippen molar-refractivity contribution in [1.82, 2.24) is 0 Å². The van der Waals surface area contributed by atoms with E-state index in [0.717, 1.165) is 11.0 Å². The maximum Gasteiger partial charge on any atom is 0.338 e. The zero-order valence-corrected chi connectivity index (χ0v) is 13.0. The van der Waals surface area contributed by atoms with Crippen LogP contribution >= 0.6 is 0 Å². The molecule has 0 aliphatic heterocycles. The molecule has 0 amide bonds. The molecule has 0 atom stereocenters. The Hall–Kier alpha value is -1.35. The molecule has 0 unspecified atom stereocenters. The summed E-state index contributed by atoms with van der Waals surface area (Å²) in [5.74, 6) is -0.242. The van der Waals surface area contributed by atoms with Gasteiger partial charge in [0, 0.05) is 0 Å². The topological polar surface area (TPSA) is 26.3 Å². The van der Waals surface area contributed by atoms with Crippen molar-refractivity contribution in [2.75, 3.05) is 34.3 Å². The van der Waals surface area contributed by atoms with E-state index in [0.29, 0.717) is 12.2 Å². The Balaban J connectivity index is 2.59. The highest BCUT2D eigenvalue weighted by atomic mass is 16.5. The average Bonchev–Trinajstić information content (AvgIpc) is 2.26. The normalized spacial score (nSPS) is 12.3. The molecule has 0 saturated heterocycles. The molecule has 0 aliphatic carbocycles. The zero-order valence-electron chi connectivity index (χ0n) is 13.0. The van der Waals surface area contributed by atoms with Crippen LogP contribution in [0.4, 0.5) is 0 Å². The number of hydrogen-bond donors (Lipinski definition) is 0. The largest absolute Gasteiger partial charge is 0.456 e. The van der Waals surface area contributed by atoms with Crippen LogP contribution in [0.5, 0.6) is 0 Å². The van der Waals surface area contributed by atoms with Gasteiger partial charge < -0.3 is 9.22 Å². The standard InChI is InChI=1S/C16H26NO2/c1-16(2,3)14-9-7-13(8-10-14)15(18)19-12-11-17(4,5)6/h7-10H,11-12H2,1-6H3/q+1. The highest BCUT2D eigenvalue weighted by Gasteiger charge is 2.15. The van der Waals surface area contributed by atoms with Crippen LogP contribution in [0.1, 0.15) is 36.7 Å². The third kappa shape index (κ3) is 5.43. The van der Waals surface area contributed by atoms with Gasteiger partial charge >= 0.3 is 5.97 Å². The minimum absolute atomic E-state index is 0.103. The van der Waals surface area contributed by atoms with Crippen LogP contribution in [0.3, 0.4) is 0 Å². The van der Waals surface area contributed by atoms with Crippen molar-refractivity contribution in [3.63, 3.8) is 0 Å². The maximum absolute atomic E-state index is 11.9. The molecule has 0 spiro atoms. The summed E-state index contributed by atoms with van der Waals surface area (Å²) in [4.78, 5) is 11.9. The fourth-order valence-corrected chi connectivity index (χ4v) is 1.60. The number of rotatable bonds is 4. The first-order valence-electron chi connectivity index (χ1n) is 6.68. The number of hydrogen-bond acceptors (Lipinski definition) is 2. The van der Waals surface area contributed by atoms with Crippen LogP contribution in [0, 0.1) is 0 Å². The average molecular weight is 264 g/mol. The Morgan fingerprint density at radius 1 is 1.11 bits per heavy atom. The molecule has 1 aromatic carbocycles. The number of quaternary nitrogens is 1. The van der Waals surface area contributed by atoms with Crippen molar-refractivity contribution in [2.24, 2.45) is 0 Å². The Bertz CT molecular complexity index is 422. The lowest BCUT2D eigenvalue weighted by atomic mass is 9.87. The Morgan fingerprint density at radius 3 is 2.05 bits per heavy atom. The highest BCUT2D eigenvalue weighted by molar-refractivity contribution is 5.89. The predicted octanol–water partition coefficient (Wildman–Crippen LogP) is 2.85. The van der Waals surface area contributed by atoms with Gasteiger partial charge in [0.25, 0.3) is 0 Å². The second-order valence-corrected chi connectivity index (χ2v) is 6.98. The van der Waals surface area contributed by atoms with Crippen LogP contribution in [0.25, 0.3) is 0 Å². The number of carbonyl (C=O) groups is 1. The van der Waals surface area contributed by atoms with Gasteiger partial charge in [-0.1, -0.05) is 32.9 Å². The molecule has 0 saturated carbocycles. The van der Waals surface area contributed by atoms with Gasteiger partial charge in [0.15, 0.2) is 0 Å². The molecule has 0 radical (unpaired) electrons. The number of nitrogens with zero attached hydrogens (tertiary/aromatic N) is 1. The minimum atomic E-state index is -0.242. The third-order valence-corrected chi connectivity index (χ3v) is 2.98. The number of carbonyl (C=O) groups excluding carboxylic acids is 1. The molecule has 0 aliphatic rings. The lowest BCUT2D eigenvalue weighted by molar-refractivity contribution is -0.870. The summed E-state index contributed by atoms with van der Waals surface area (Å²) in [6.45, 7) is 7.72. The molecule has 106 valence electrons. The van der Waals surface area contributed by atoms with E-state index in [9.17, 15) is 4.79 Å². The number of esters is 1. The van der Waals surface area contributed by atoms with Gasteiger partial charge in [-0.2, -0.15) is 0 Å². The molecular formula is C16H26NO2+. The quantitative estimate of drug-likeness (QED) is 0.617. The summed E-state index contributed by atoms with van der Waals surface area (Å²) >= 11 is 0. The van der Waals surface area contributed by atoms with E-state index in [1.165, 1.54) is 5.56 Å². The molecule has 0 N–H and O–H groups in total. The third-order valence-electron chi connectivity index (χ3n) is 2.98. The van der Waals surface area contributed by atoms with Crippen molar-refractivity contribution in [3.05, 3.63) is 35.4 Å². The van der Waals surface area contributed by atoms with Gasteiger partial charge in [0.2, 0.25) is 0 Å². The van der Waals surface area contributed by atoms with E-state index in [1.807, 2.05) is 24.3 Å². The van der Waals surface area contributed by atoms with Gasteiger partial charge in [0.05, 0.1) is 26.7 Å². The molecule has 0 aromatic heterocycles.